The van der Waals surface area contributed by atoms with E-state index < -0.39 is 9.85 Å². The van der Waals surface area contributed by atoms with Crippen LogP contribution in [-0.2, 0) is 0 Å². The van der Waals surface area contributed by atoms with Gasteiger partial charge in [0.15, 0.2) is 0 Å². The van der Waals surface area contributed by atoms with Crippen molar-refractivity contribution in [2.24, 2.45) is 5.10 Å². The van der Waals surface area contributed by atoms with Gasteiger partial charge in [0.2, 0.25) is 17.8 Å². The summed E-state index contributed by atoms with van der Waals surface area (Å²) in [5.74, 6) is 0.483. The molecule has 3 N–H and O–H groups in total. The van der Waals surface area contributed by atoms with Crippen LogP contribution in [0.5, 0.6) is 5.75 Å². The van der Waals surface area contributed by atoms with Crippen molar-refractivity contribution in [3.63, 3.8) is 0 Å². The lowest BCUT2D eigenvalue weighted by Gasteiger charge is -2.16. The fourth-order valence-electron chi connectivity index (χ4n) is 3.29. The standard InChI is InChI=1S/C20H18BrN9O5/c21-16-10-15(30(34)35)9-12(17(16)31)11-22-27-19-24-18(25-20(26-19)28-7-1-2-8-28)23-13-3-5-14(6-4-13)29(32)33/h3-6,9-11,31H,1-2,7-8H2,(H2,23,24,25,26,27)/b22-11+. The van der Waals surface area contributed by atoms with Crippen molar-refractivity contribution in [1.82, 2.24) is 15.0 Å². The van der Waals surface area contributed by atoms with Gasteiger partial charge in [-0.05, 0) is 40.9 Å². The van der Waals surface area contributed by atoms with Crippen LogP contribution in [0.4, 0.5) is 34.9 Å². The summed E-state index contributed by atoms with van der Waals surface area (Å²) in [7, 11) is 0. The SMILES string of the molecule is O=[N+]([O-])c1ccc(Nc2nc(N/N=C/c3cc([N+](=O)[O-])cc(Br)c3O)nc(N3CCCC3)n2)cc1. The summed E-state index contributed by atoms with van der Waals surface area (Å²) in [4.78, 5) is 36.0. The molecule has 14 nitrogen and oxygen atoms in total. The molecule has 0 amide bonds. The number of anilines is 4. The van der Waals surface area contributed by atoms with Crippen LogP contribution in [0.25, 0.3) is 0 Å². The molecule has 15 heteroatoms. The van der Waals surface area contributed by atoms with Crippen molar-refractivity contribution >= 4 is 57.1 Å². The number of phenolic OH excluding ortho intramolecular Hbond substituents is 1. The van der Waals surface area contributed by atoms with Gasteiger partial charge in [0.1, 0.15) is 5.75 Å². The minimum atomic E-state index is -0.584. The summed E-state index contributed by atoms with van der Waals surface area (Å²) in [6.07, 6.45) is 3.20. The number of rotatable bonds is 8. The first-order valence-electron chi connectivity index (χ1n) is 10.3. The van der Waals surface area contributed by atoms with E-state index in [1.807, 2.05) is 4.90 Å². The second-order valence-corrected chi connectivity index (χ2v) is 8.25. The van der Waals surface area contributed by atoms with E-state index in [2.05, 4.69) is 46.7 Å². The Hall–Kier alpha value is -4.40. The maximum atomic E-state index is 11.1. The highest BCUT2D eigenvalue weighted by molar-refractivity contribution is 9.10. The van der Waals surface area contributed by atoms with Gasteiger partial charge in [-0.15, -0.1) is 0 Å². The van der Waals surface area contributed by atoms with Gasteiger partial charge in [0, 0.05) is 48.6 Å². The highest BCUT2D eigenvalue weighted by atomic mass is 79.9. The second-order valence-electron chi connectivity index (χ2n) is 7.40. The third kappa shape index (κ3) is 5.75. The lowest BCUT2D eigenvalue weighted by Crippen LogP contribution is -2.21. The maximum absolute atomic E-state index is 11.1. The first kappa shape index (κ1) is 23.7. The van der Waals surface area contributed by atoms with Crippen molar-refractivity contribution in [2.45, 2.75) is 12.8 Å². The number of phenols is 1. The fourth-order valence-corrected chi connectivity index (χ4v) is 3.76. The van der Waals surface area contributed by atoms with E-state index in [9.17, 15) is 25.3 Å². The summed E-state index contributed by atoms with van der Waals surface area (Å²) in [6, 6.07) is 8.15. The molecule has 0 bridgehead atoms. The number of halogens is 1. The zero-order valence-corrected chi connectivity index (χ0v) is 19.5. The predicted octanol–water partition coefficient (Wildman–Crippen LogP) is 3.95. The smallest absolute Gasteiger partial charge is 0.271 e. The number of hydrogen-bond acceptors (Lipinski definition) is 12. The summed E-state index contributed by atoms with van der Waals surface area (Å²) >= 11 is 3.08. The monoisotopic (exact) mass is 543 g/mol. The maximum Gasteiger partial charge on any atom is 0.271 e. The van der Waals surface area contributed by atoms with Crippen molar-refractivity contribution < 1.29 is 15.0 Å². The molecule has 0 saturated carbocycles. The molecule has 0 radical (unpaired) electrons. The summed E-state index contributed by atoms with van der Waals surface area (Å²) in [5, 5.41) is 39.1. The average molecular weight is 544 g/mol. The van der Waals surface area contributed by atoms with E-state index >= 15 is 0 Å². The fraction of sp³-hybridized carbons (Fsp3) is 0.200. The van der Waals surface area contributed by atoms with Gasteiger partial charge < -0.3 is 15.3 Å². The number of nitro groups is 2. The number of aromatic hydroxyl groups is 1. The molecule has 0 spiro atoms. The molecule has 1 fully saturated rings. The molecule has 1 aromatic heterocycles. The van der Waals surface area contributed by atoms with Crippen LogP contribution in [0.3, 0.4) is 0 Å². The molecule has 3 aromatic rings. The second kappa shape index (κ2) is 10.3. The van der Waals surface area contributed by atoms with Gasteiger partial charge in [0.05, 0.1) is 20.5 Å². The molecular weight excluding hydrogens is 526 g/mol. The molecule has 0 unspecified atom stereocenters. The van der Waals surface area contributed by atoms with Crippen LogP contribution in [0.1, 0.15) is 18.4 Å². The quantitative estimate of drug-likeness (QED) is 0.212. The zero-order valence-electron chi connectivity index (χ0n) is 18.0. The van der Waals surface area contributed by atoms with Crippen LogP contribution in [0.15, 0.2) is 46.0 Å². The Kier molecular flexibility index (Phi) is 6.96. The van der Waals surface area contributed by atoms with E-state index in [0.717, 1.165) is 25.9 Å². The van der Waals surface area contributed by atoms with Crippen LogP contribution in [0, 0.1) is 20.2 Å². The van der Waals surface area contributed by atoms with E-state index in [4.69, 9.17) is 0 Å². The Labute approximate surface area is 206 Å². The van der Waals surface area contributed by atoms with E-state index in [-0.39, 0.29) is 39.1 Å². The molecular formula is C20H18BrN9O5. The van der Waals surface area contributed by atoms with E-state index in [0.29, 0.717) is 11.6 Å². The van der Waals surface area contributed by atoms with Gasteiger partial charge >= 0.3 is 0 Å². The molecule has 0 atom stereocenters. The Morgan fingerprint density at radius 2 is 1.66 bits per heavy atom. The number of benzene rings is 2. The number of nitrogens with one attached hydrogen (secondary N) is 2. The van der Waals surface area contributed by atoms with Crippen LogP contribution in [0.2, 0.25) is 0 Å². The minimum absolute atomic E-state index is 0.0447. The van der Waals surface area contributed by atoms with Crippen molar-refractivity contribution in [3.8, 4) is 5.75 Å². The van der Waals surface area contributed by atoms with Gasteiger partial charge in [0.25, 0.3) is 11.4 Å². The molecule has 4 rings (SSSR count). The first-order chi connectivity index (χ1) is 16.8. The number of non-ortho nitro benzene ring substituents is 2. The Balaban J connectivity index is 1.59. The molecule has 35 heavy (non-hydrogen) atoms. The minimum Gasteiger partial charge on any atom is -0.506 e. The zero-order chi connectivity index (χ0) is 24.9. The topological polar surface area (TPSA) is 185 Å². The third-order valence-corrected chi connectivity index (χ3v) is 5.61. The number of nitrogens with zero attached hydrogens (tertiary/aromatic N) is 7. The molecule has 2 heterocycles. The highest BCUT2D eigenvalue weighted by Gasteiger charge is 2.18. The average Bonchev–Trinajstić information content (AvgIpc) is 3.37. The number of hydrogen-bond donors (Lipinski definition) is 3. The lowest BCUT2D eigenvalue weighted by atomic mass is 10.2. The Morgan fingerprint density at radius 1 is 1.00 bits per heavy atom. The third-order valence-electron chi connectivity index (χ3n) is 5.00. The Morgan fingerprint density at radius 3 is 2.31 bits per heavy atom. The highest BCUT2D eigenvalue weighted by Crippen LogP contribution is 2.31. The van der Waals surface area contributed by atoms with Crippen molar-refractivity contribution in [3.05, 3.63) is 66.7 Å². The molecule has 180 valence electrons. The molecule has 1 aliphatic rings. The Bertz CT molecular complexity index is 1300. The molecule has 0 aliphatic carbocycles. The van der Waals surface area contributed by atoms with Crippen LogP contribution in [-0.4, -0.2) is 49.2 Å². The van der Waals surface area contributed by atoms with Gasteiger partial charge in [-0.1, -0.05) is 0 Å². The first-order valence-corrected chi connectivity index (χ1v) is 11.1. The number of aromatic nitrogens is 3. The van der Waals surface area contributed by atoms with Crippen molar-refractivity contribution in [2.75, 3.05) is 28.7 Å². The lowest BCUT2D eigenvalue weighted by molar-refractivity contribution is -0.385. The number of hydrazone groups is 1. The van der Waals surface area contributed by atoms with E-state index in [1.165, 1.54) is 42.6 Å². The molecule has 1 aliphatic heterocycles. The van der Waals surface area contributed by atoms with Crippen LogP contribution < -0.4 is 15.6 Å². The molecule has 1 saturated heterocycles. The summed E-state index contributed by atoms with van der Waals surface area (Å²) in [6.45, 7) is 1.55. The van der Waals surface area contributed by atoms with Crippen LogP contribution >= 0.6 is 15.9 Å². The number of nitro benzene ring substituents is 2. The largest absolute Gasteiger partial charge is 0.506 e. The summed E-state index contributed by atoms with van der Waals surface area (Å²) in [5.41, 5.74) is 3.04. The normalized spacial score (nSPS) is 13.2. The summed E-state index contributed by atoms with van der Waals surface area (Å²) < 4.78 is 0.152. The molecule has 2 aromatic carbocycles. The van der Waals surface area contributed by atoms with Gasteiger partial charge in [-0.2, -0.15) is 20.1 Å². The van der Waals surface area contributed by atoms with Gasteiger partial charge in [-0.25, -0.2) is 5.43 Å². The predicted molar refractivity (Wildman–Crippen MR) is 131 cm³/mol. The van der Waals surface area contributed by atoms with Crippen molar-refractivity contribution in [1.29, 1.82) is 0 Å². The van der Waals surface area contributed by atoms with Gasteiger partial charge in [-0.3, -0.25) is 20.2 Å². The van der Waals surface area contributed by atoms with E-state index in [1.54, 1.807) is 0 Å².